The van der Waals surface area contributed by atoms with Crippen LogP contribution in [-0.4, -0.2) is 53.4 Å². The summed E-state index contributed by atoms with van der Waals surface area (Å²) >= 11 is 0. The van der Waals surface area contributed by atoms with E-state index in [2.05, 4.69) is 32.4 Å². The van der Waals surface area contributed by atoms with E-state index in [0.29, 0.717) is 12.6 Å². The average molecular weight is 345 g/mol. The maximum absolute atomic E-state index is 10.1. The lowest BCUT2D eigenvalue weighted by Crippen LogP contribution is -2.41. The number of aliphatic hydroxyl groups excluding tert-OH is 1. The van der Waals surface area contributed by atoms with Gasteiger partial charge in [0, 0.05) is 44.7 Å². The second-order valence-corrected chi connectivity index (χ2v) is 6.63. The molecule has 0 aromatic carbocycles. The van der Waals surface area contributed by atoms with Crippen LogP contribution in [0.1, 0.15) is 25.5 Å². The summed E-state index contributed by atoms with van der Waals surface area (Å²) in [5, 5.41) is 16.7. The number of hydrogen-bond donors (Lipinski definition) is 3. The van der Waals surface area contributed by atoms with E-state index in [9.17, 15) is 5.11 Å². The van der Waals surface area contributed by atoms with Crippen molar-refractivity contribution >= 4 is 11.6 Å². The predicted octanol–water partition coefficient (Wildman–Crippen LogP) is 1.66. The van der Waals surface area contributed by atoms with Crippen LogP contribution in [0.25, 0.3) is 0 Å². The third-order valence-electron chi connectivity index (χ3n) is 4.70. The van der Waals surface area contributed by atoms with Gasteiger partial charge in [-0.15, -0.1) is 0 Å². The van der Waals surface area contributed by atoms with Crippen molar-refractivity contribution in [3.8, 4) is 0 Å². The van der Waals surface area contributed by atoms with Gasteiger partial charge in [0.25, 0.3) is 0 Å². The number of anilines is 2. The Morgan fingerprint density at radius 3 is 3.08 bits per heavy atom. The van der Waals surface area contributed by atoms with Crippen molar-refractivity contribution in [3.05, 3.63) is 36.5 Å². The minimum Gasteiger partial charge on any atom is -0.469 e. The van der Waals surface area contributed by atoms with Crippen LogP contribution >= 0.6 is 0 Å². The number of hydrogen-bond acceptors (Lipinski definition) is 7. The largest absolute Gasteiger partial charge is 0.469 e. The van der Waals surface area contributed by atoms with Crippen molar-refractivity contribution in [2.45, 2.75) is 44.4 Å². The highest BCUT2D eigenvalue weighted by atomic mass is 16.3. The molecule has 0 radical (unpaired) electrons. The summed E-state index contributed by atoms with van der Waals surface area (Å²) < 4.78 is 5.38. The fourth-order valence-corrected chi connectivity index (χ4v) is 3.26. The van der Waals surface area contributed by atoms with E-state index in [4.69, 9.17) is 4.42 Å². The first kappa shape index (κ1) is 17.7. The van der Waals surface area contributed by atoms with Gasteiger partial charge in [0.15, 0.2) is 0 Å². The molecule has 0 spiro atoms. The predicted molar refractivity (Wildman–Crippen MR) is 97.8 cm³/mol. The van der Waals surface area contributed by atoms with E-state index in [1.54, 1.807) is 12.6 Å². The molecule has 3 atom stereocenters. The summed E-state index contributed by atoms with van der Waals surface area (Å²) in [5.74, 6) is 2.66. The number of aromatic nitrogens is 2. The van der Waals surface area contributed by atoms with Crippen molar-refractivity contribution in [1.82, 2.24) is 15.3 Å². The van der Waals surface area contributed by atoms with Crippen LogP contribution in [0.3, 0.4) is 0 Å². The maximum atomic E-state index is 10.1. The molecule has 0 amide bonds. The van der Waals surface area contributed by atoms with Gasteiger partial charge in [0.05, 0.1) is 12.4 Å². The summed E-state index contributed by atoms with van der Waals surface area (Å²) in [6, 6.07) is 6.46. The Bertz CT molecular complexity index is 649. The summed E-state index contributed by atoms with van der Waals surface area (Å²) in [5.41, 5.74) is 0. The zero-order chi connectivity index (χ0) is 17.6. The third kappa shape index (κ3) is 4.70. The lowest BCUT2D eigenvalue weighted by atomic mass is 10.1. The standard InChI is InChI=1S/C18H27N5O2/c1-13(5-6-16-4-3-7-25-16)20-10-14-8-15(24)11-23(14)18-9-17(19-2)21-12-22-18/h3-4,7,9,12-15,20,24H,5-6,8,10-11H2,1-2H3,(H,19,21,22)/t13?,14-,15-/m1/s1. The number of nitrogens with one attached hydrogen (secondary N) is 2. The fraction of sp³-hybridized carbons (Fsp3) is 0.556. The van der Waals surface area contributed by atoms with Gasteiger partial charge in [-0.3, -0.25) is 0 Å². The highest BCUT2D eigenvalue weighted by molar-refractivity contribution is 5.49. The molecule has 0 bridgehead atoms. The molecule has 25 heavy (non-hydrogen) atoms. The van der Waals surface area contributed by atoms with Crippen molar-refractivity contribution in [2.75, 3.05) is 30.4 Å². The number of nitrogens with zero attached hydrogens (tertiary/aromatic N) is 3. The van der Waals surface area contributed by atoms with Crippen molar-refractivity contribution in [1.29, 1.82) is 0 Å². The van der Waals surface area contributed by atoms with Crippen LogP contribution in [-0.2, 0) is 6.42 Å². The molecule has 3 N–H and O–H groups in total. The first-order valence-electron chi connectivity index (χ1n) is 8.86. The summed E-state index contributed by atoms with van der Waals surface area (Å²) in [6.45, 7) is 3.60. The molecule has 136 valence electrons. The highest BCUT2D eigenvalue weighted by Crippen LogP contribution is 2.25. The molecule has 1 aliphatic rings. The SMILES string of the molecule is CNc1cc(N2C[C@H](O)C[C@@H]2CNC(C)CCc2ccco2)ncn1. The van der Waals surface area contributed by atoms with Gasteiger partial charge in [-0.1, -0.05) is 0 Å². The van der Waals surface area contributed by atoms with Crippen molar-refractivity contribution in [3.63, 3.8) is 0 Å². The summed E-state index contributed by atoms with van der Waals surface area (Å²) in [6.07, 6.45) is 5.64. The number of rotatable bonds is 8. The van der Waals surface area contributed by atoms with E-state index in [-0.39, 0.29) is 12.1 Å². The minimum atomic E-state index is -0.321. The number of aryl methyl sites for hydroxylation is 1. The van der Waals surface area contributed by atoms with Gasteiger partial charge in [-0.05, 0) is 31.9 Å². The molecule has 0 saturated carbocycles. The quantitative estimate of drug-likeness (QED) is 0.671. The molecule has 2 aromatic rings. The Hall–Kier alpha value is -2.12. The summed E-state index contributed by atoms with van der Waals surface area (Å²) in [7, 11) is 1.84. The van der Waals surface area contributed by atoms with Gasteiger partial charge in [0.2, 0.25) is 0 Å². The lowest BCUT2D eigenvalue weighted by Gasteiger charge is -2.27. The van der Waals surface area contributed by atoms with E-state index < -0.39 is 0 Å². The molecule has 1 aliphatic heterocycles. The van der Waals surface area contributed by atoms with Gasteiger partial charge in [-0.25, -0.2) is 9.97 Å². The Morgan fingerprint density at radius 2 is 2.32 bits per heavy atom. The van der Waals surface area contributed by atoms with Gasteiger partial charge in [0.1, 0.15) is 23.7 Å². The van der Waals surface area contributed by atoms with E-state index in [1.165, 1.54) is 0 Å². The Kier molecular flexibility index (Phi) is 5.88. The minimum absolute atomic E-state index is 0.223. The second kappa shape index (κ2) is 8.31. The first-order chi connectivity index (χ1) is 12.2. The van der Waals surface area contributed by atoms with Crippen molar-refractivity contribution < 1.29 is 9.52 Å². The van der Waals surface area contributed by atoms with E-state index in [1.807, 2.05) is 25.2 Å². The van der Waals surface area contributed by atoms with Crippen LogP contribution < -0.4 is 15.5 Å². The Labute approximate surface area is 148 Å². The topological polar surface area (TPSA) is 86.5 Å². The van der Waals surface area contributed by atoms with Gasteiger partial charge >= 0.3 is 0 Å². The maximum Gasteiger partial charge on any atom is 0.134 e. The highest BCUT2D eigenvalue weighted by Gasteiger charge is 2.32. The monoisotopic (exact) mass is 345 g/mol. The Morgan fingerprint density at radius 1 is 1.44 bits per heavy atom. The van der Waals surface area contributed by atoms with Crippen LogP contribution in [0.5, 0.6) is 0 Å². The molecule has 1 saturated heterocycles. The lowest BCUT2D eigenvalue weighted by molar-refractivity contribution is 0.193. The van der Waals surface area contributed by atoms with E-state index in [0.717, 1.165) is 43.2 Å². The number of furan rings is 1. The smallest absolute Gasteiger partial charge is 0.134 e. The summed E-state index contributed by atoms with van der Waals surface area (Å²) in [4.78, 5) is 10.7. The molecular weight excluding hydrogens is 318 g/mol. The normalized spacial score (nSPS) is 21.5. The first-order valence-corrected chi connectivity index (χ1v) is 8.86. The molecule has 3 rings (SSSR count). The van der Waals surface area contributed by atoms with Crippen LogP contribution in [0.4, 0.5) is 11.6 Å². The van der Waals surface area contributed by atoms with Crippen LogP contribution in [0, 0.1) is 0 Å². The molecule has 0 aliphatic carbocycles. The third-order valence-corrected chi connectivity index (χ3v) is 4.70. The molecule has 2 aromatic heterocycles. The van der Waals surface area contributed by atoms with Crippen LogP contribution in [0.15, 0.2) is 35.2 Å². The second-order valence-electron chi connectivity index (χ2n) is 6.63. The van der Waals surface area contributed by atoms with Gasteiger partial charge in [-0.2, -0.15) is 0 Å². The van der Waals surface area contributed by atoms with Gasteiger partial charge < -0.3 is 25.1 Å². The van der Waals surface area contributed by atoms with Crippen LogP contribution in [0.2, 0.25) is 0 Å². The average Bonchev–Trinajstić information content (AvgIpc) is 3.27. The molecular formula is C18H27N5O2. The molecule has 1 fully saturated rings. The molecule has 1 unspecified atom stereocenters. The zero-order valence-electron chi connectivity index (χ0n) is 14.9. The number of aliphatic hydroxyl groups is 1. The zero-order valence-corrected chi connectivity index (χ0v) is 14.9. The molecule has 7 heteroatoms. The fourth-order valence-electron chi connectivity index (χ4n) is 3.26. The van der Waals surface area contributed by atoms with E-state index >= 15 is 0 Å². The molecule has 7 nitrogen and oxygen atoms in total. The van der Waals surface area contributed by atoms with Crippen molar-refractivity contribution in [2.24, 2.45) is 0 Å². The number of β-amino-alcohol motifs (C(OH)–C–C–N with tert-alkyl or cyclic N) is 1. The Balaban J connectivity index is 1.54. The molecule has 3 heterocycles.